The summed E-state index contributed by atoms with van der Waals surface area (Å²) >= 11 is 0. The van der Waals surface area contributed by atoms with Gasteiger partial charge < -0.3 is 9.52 Å². The van der Waals surface area contributed by atoms with Crippen molar-refractivity contribution in [2.45, 2.75) is 32.9 Å². The Hall–Kier alpha value is -2.07. The Morgan fingerprint density at radius 2 is 2.00 bits per heavy atom. The fourth-order valence-corrected chi connectivity index (χ4v) is 2.19. The van der Waals surface area contributed by atoms with Crippen molar-refractivity contribution in [1.82, 2.24) is 5.32 Å². The SMILES string of the molecule is Cc1cc(CN[C@H](Cc2ccccc2)C(=O)O)c(C)o1. The minimum Gasteiger partial charge on any atom is -0.480 e. The molecular weight excluding hydrogens is 254 g/mol. The van der Waals surface area contributed by atoms with Gasteiger partial charge in [0.2, 0.25) is 0 Å². The van der Waals surface area contributed by atoms with Crippen LogP contribution in [0.1, 0.15) is 22.6 Å². The first-order valence-corrected chi connectivity index (χ1v) is 6.62. The summed E-state index contributed by atoms with van der Waals surface area (Å²) in [5.41, 5.74) is 2.01. The molecule has 2 aromatic rings. The van der Waals surface area contributed by atoms with Gasteiger partial charge >= 0.3 is 5.97 Å². The number of furan rings is 1. The Morgan fingerprint density at radius 1 is 1.30 bits per heavy atom. The molecule has 1 aromatic carbocycles. The predicted molar refractivity (Wildman–Crippen MR) is 76.6 cm³/mol. The van der Waals surface area contributed by atoms with Crippen molar-refractivity contribution in [3.8, 4) is 0 Å². The average Bonchev–Trinajstić information content (AvgIpc) is 2.73. The highest BCUT2D eigenvalue weighted by molar-refractivity contribution is 5.73. The van der Waals surface area contributed by atoms with Crippen molar-refractivity contribution < 1.29 is 14.3 Å². The molecule has 1 atom stereocenters. The number of carbonyl (C=O) groups is 1. The third kappa shape index (κ3) is 3.71. The molecular formula is C16H19NO3. The minimum absolute atomic E-state index is 0.464. The molecule has 0 radical (unpaired) electrons. The third-order valence-electron chi connectivity index (χ3n) is 3.26. The molecule has 0 unspecified atom stereocenters. The van der Waals surface area contributed by atoms with E-state index in [9.17, 15) is 9.90 Å². The molecule has 4 nitrogen and oxygen atoms in total. The number of aliphatic carboxylic acids is 1. The lowest BCUT2D eigenvalue weighted by atomic mass is 10.1. The Balaban J connectivity index is 2.00. The van der Waals surface area contributed by atoms with Crippen molar-refractivity contribution in [1.29, 1.82) is 0 Å². The van der Waals surface area contributed by atoms with Crippen molar-refractivity contribution in [3.63, 3.8) is 0 Å². The number of nitrogens with one attached hydrogen (secondary N) is 1. The largest absolute Gasteiger partial charge is 0.480 e. The van der Waals surface area contributed by atoms with Gasteiger partial charge in [-0.1, -0.05) is 30.3 Å². The Kier molecular flexibility index (Phi) is 4.58. The summed E-state index contributed by atoms with van der Waals surface area (Å²) in [6, 6.07) is 11.0. The molecule has 0 fully saturated rings. The van der Waals surface area contributed by atoms with E-state index in [0.717, 1.165) is 22.6 Å². The summed E-state index contributed by atoms with van der Waals surface area (Å²) in [4.78, 5) is 11.3. The van der Waals surface area contributed by atoms with E-state index in [0.29, 0.717) is 13.0 Å². The smallest absolute Gasteiger partial charge is 0.321 e. The van der Waals surface area contributed by atoms with E-state index < -0.39 is 12.0 Å². The molecule has 0 saturated heterocycles. The molecule has 1 heterocycles. The third-order valence-corrected chi connectivity index (χ3v) is 3.26. The highest BCUT2D eigenvalue weighted by Crippen LogP contribution is 2.14. The highest BCUT2D eigenvalue weighted by Gasteiger charge is 2.18. The van der Waals surface area contributed by atoms with Crippen LogP contribution in [0.5, 0.6) is 0 Å². The van der Waals surface area contributed by atoms with E-state index in [2.05, 4.69) is 5.32 Å². The standard InChI is InChI=1S/C16H19NO3/c1-11-8-14(12(2)20-11)10-17-15(16(18)19)9-13-6-4-3-5-7-13/h3-8,15,17H,9-10H2,1-2H3,(H,18,19)/t15-/m1/s1. The van der Waals surface area contributed by atoms with Crippen LogP contribution in [0.15, 0.2) is 40.8 Å². The summed E-state index contributed by atoms with van der Waals surface area (Å²) in [6.45, 7) is 4.26. The maximum atomic E-state index is 11.3. The minimum atomic E-state index is -0.841. The maximum absolute atomic E-state index is 11.3. The number of rotatable bonds is 6. The summed E-state index contributed by atoms with van der Waals surface area (Å²) < 4.78 is 5.44. The van der Waals surface area contributed by atoms with E-state index >= 15 is 0 Å². The molecule has 4 heteroatoms. The van der Waals surface area contributed by atoms with Gasteiger partial charge in [0.1, 0.15) is 17.6 Å². The zero-order chi connectivity index (χ0) is 14.5. The Morgan fingerprint density at radius 3 is 2.55 bits per heavy atom. The molecule has 0 bridgehead atoms. The lowest BCUT2D eigenvalue weighted by Crippen LogP contribution is -2.38. The van der Waals surface area contributed by atoms with E-state index in [1.54, 1.807) is 0 Å². The number of hydrogen-bond acceptors (Lipinski definition) is 3. The van der Waals surface area contributed by atoms with Crippen LogP contribution in [0, 0.1) is 13.8 Å². The van der Waals surface area contributed by atoms with Crippen molar-refractivity contribution >= 4 is 5.97 Å². The van der Waals surface area contributed by atoms with Crippen LogP contribution in [0.4, 0.5) is 0 Å². The van der Waals surface area contributed by atoms with Crippen molar-refractivity contribution in [3.05, 3.63) is 59.0 Å². The van der Waals surface area contributed by atoms with Crippen LogP contribution >= 0.6 is 0 Å². The van der Waals surface area contributed by atoms with E-state index in [1.807, 2.05) is 50.2 Å². The fourth-order valence-electron chi connectivity index (χ4n) is 2.19. The van der Waals surface area contributed by atoms with Crippen LogP contribution in [-0.2, 0) is 17.8 Å². The first kappa shape index (κ1) is 14.3. The van der Waals surface area contributed by atoms with Crippen LogP contribution < -0.4 is 5.32 Å². The molecule has 0 saturated carbocycles. The topological polar surface area (TPSA) is 62.5 Å². The van der Waals surface area contributed by atoms with Crippen LogP contribution in [0.25, 0.3) is 0 Å². The van der Waals surface area contributed by atoms with Crippen molar-refractivity contribution in [2.75, 3.05) is 0 Å². The first-order valence-electron chi connectivity index (χ1n) is 6.62. The molecule has 20 heavy (non-hydrogen) atoms. The molecule has 0 spiro atoms. The molecule has 0 amide bonds. The second-order valence-electron chi connectivity index (χ2n) is 4.90. The van der Waals surface area contributed by atoms with Crippen LogP contribution in [0.2, 0.25) is 0 Å². The zero-order valence-electron chi connectivity index (χ0n) is 11.7. The molecule has 1 aromatic heterocycles. The molecule has 2 rings (SSSR count). The van der Waals surface area contributed by atoms with Gasteiger partial charge in [0.15, 0.2) is 0 Å². The molecule has 0 aliphatic rings. The predicted octanol–water partition coefficient (Wildman–Crippen LogP) is 2.68. The van der Waals surface area contributed by atoms with E-state index in [-0.39, 0.29) is 0 Å². The molecule has 0 aliphatic heterocycles. The van der Waals surface area contributed by atoms with Crippen LogP contribution in [-0.4, -0.2) is 17.1 Å². The second-order valence-corrected chi connectivity index (χ2v) is 4.90. The number of aryl methyl sites for hydroxylation is 2. The lowest BCUT2D eigenvalue weighted by Gasteiger charge is -2.14. The number of carboxylic acid groups (broad SMARTS) is 1. The highest BCUT2D eigenvalue weighted by atomic mass is 16.4. The zero-order valence-corrected chi connectivity index (χ0v) is 11.7. The molecule has 106 valence electrons. The summed E-state index contributed by atoms with van der Waals surface area (Å²) in [7, 11) is 0. The average molecular weight is 273 g/mol. The number of carboxylic acids is 1. The second kappa shape index (κ2) is 6.39. The molecule has 0 aliphatic carbocycles. The van der Waals surface area contributed by atoms with Crippen LogP contribution in [0.3, 0.4) is 0 Å². The summed E-state index contributed by atoms with van der Waals surface area (Å²) in [6.07, 6.45) is 0.464. The quantitative estimate of drug-likeness (QED) is 0.849. The maximum Gasteiger partial charge on any atom is 0.321 e. The van der Waals surface area contributed by atoms with Crippen molar-refractivity contribution in [2.24, 2.45) is 0 Å². The van der Waals surface area contributed by atoms with Gasteiger partial charge in [-0.15, -0.1) is 0 Å². The van der Waals surface area contributed by atoms with E-state index in [4.69, 9.17) is 4.42 Å². The number of hydrogen-bond donors (Lipinski definition) is 2. The Bertz CT molecular complexity index is 575. The van der Waals surface area contributed by atoms with Gasteiger partial charge in [0.25, 0.3) is 0 Å². The summed E-state index contributed by atoms with van der Waals surface area (Å²) in [5.74, 6) is 0.833. The lowest BCUT2D eigenvalue weighted by molar-refractivity contribution is -0.139. The van der Waals surface area contributed by atoms with E-state index in [1.165, 1.54) is 0 Å². The van der Waals surface area contributed by atoms with Gasteiger partial charge in [-0.2, -0.15) is 0 Å². The first-order chi connectivity index (χ1) is 9.56. The van der Waals surface area contributed by atoms with Gasteiger partial charge in [0.05, 0.1) is 0 Å². The Labute approximate surface area is 118 Å². The normalized spacial score (nSPS) is 12.3. The fraction of sp³-hybridized carbons (Fsp3) is 0.312. The van der Waals surface area contributed by atoms with Gasteiger partial charge in [-0.05, 0) is 31.9 Å². The monoisotopic (exact) mass is 273 g/mol. The summed E-state index contributed by atoms with van der Waals surface area (Å²) in [5, 5.41) is 12.4. The van der Waals surface area contributed by atoms with Gasteiger partial charge in [-0.25, -0.2) is 0 Å². The molecule has 2 N–H and O–H groups in total. The van der Waals surface area contributed by atoms with Gasteiger partial charge in [0, 0.05) is 12.1 Å². The number of benzene rings is 1. The van der Waals surface area contributed by atoms with Gasteiger partial charge in [-0.3, -0.25) is 10.1 Å².